The summed E-state index contributed by atoms with van der Waals surface area (Å²) in [5, 5.41) is 23.2. The summed E-state index contributed by atoms with van der Waals surface area (Å²) in [5.74, 6) is 0.0478. The van der Waals surface area contributed by atoms with E-state index >= 15 is 0 Å². The number of aryl methyl sites for hydroxylation is 1. The first-order valence-electron chi connectivity index (χ1n) is 9.44. The van der Waals surface area contributed by atoms with Gasteiger partial charge >= 0.3 is 0 Å². The summed E-state index contributed by atoms with van der Waals surface area (Å²) < 4.78 is 0.998. The first-order valence-corrected chi connectivity index (χ1v) is 11.0. The summed E-state index contributed by atoms with van der Waals surface area (Å²) in [5.41, 5.74) is 2.25. The molecule has 2 aromatic heterocycles. The third-order valence-corrected chi connectivity index (χ3v) is 6.53. The van der Waals surface area contributed by atoms with E-state index < -0.39 is 18.2 Å². The molecule has 1 radical (unpaired) electrons. The Bertz CT molecular complexity index is 1070. The highest BCUT2D eigenvalue weighted by molar-refractivity contribution is 9.10. The summed E-state index contributed by atoms with van der Waals surface area (Å²) in [6.45, 7) is 1.95. The Labute approximate surface area is 186 Å². The standard InChI is InChI=1S/C21H20BrN4O3S/c1-11-16(8-12-3-2-4-13(22)7-12)26-21(30-11)18(28)14-9-23-10-24-20(14)25-15-5-6-17(27)19(15)29/h2-4,6-7,9-10,15,17,19,27,29H,5,8H2,1H3,(H,23,24,25)/t15-,17-,19+/m1/s1. The van der Waals surface area contributed by atoms with E-state index in [1.165, 1.54) is 23.9 Å². The highest BCUT2D eigenvalue weighted by atomic mass is 79.9. The van der Waals surface area contributed by atoms with Gasteiger partial charge in [-0.1, -0.05) is 28.1 Å². The lowest BCUT2D eigenvalue weighted by Gasteiger charge is -2.19. The van der Waals surface area contributed by atoms with Crippen LogP contribution in [0.2, 0.25) is 0 Å². The van der Waals surface area contributed by atoms with E-state index in [4.69, 9.17) is 0 Å². The molecule has 1 aliphatic rings. The molecule has 30 heavy (non-hydrogen) atoms. The zero-order valence-electron chi connectivity index (χ0n) is 16.1. The van der Waals surface area contributed by atoms with Crippen molar-refractivity contribution >= 4 is 38.9 Å². The van der Waals surface area contributed by atoms with Gasteiger partial charge in [-0.05, 0) is 37.5 Å². The quantitative estimate of drug-likeness (QED) is 0.458. The monoisotopic (exact) mass is 487 g/mol. The SMILES string of the molecule is Cc1sc(C(=O)c2cncnc2N[C@@H]2C[CH][C@@H](O)[C@H]2O)nc1Cc1cccc(Br)c1. The topological polar surface area (TPSA) is 108 Å². The van der Waals surface area contributed by atoms with Crippen molar-refractivity contribution in [1.29, 1.82) is 0 Å². The Balaban J connectivity index is 1.57. The van der Waals surface area contributed by atoms with E-state index in [1.54, 1.807) is 6.42 Å². The van der Waals surface area contributed by atoms with E-state index in [0.717, 1.165) is 20.6 Å². The summed E-state index contributed by atoms with van der Waals surface area (Å²) in [6, 6.07) is 7.57. The van der Waals surface area contributed by atoms with Crippen molar-refractivity contribution in [3.63, 3.8) is 0 Å². The molecule has 4 rings (SSSR count). The predicted molar refractivity (Wildman–Crippen MR) is 118 cm³/mol. The molecule has 7 nitrogen and oxygen atoms in total. The van der Waals surface area contributed by atoms with Crippen LogP contribution in [0.25, 0.3) is 0 Å². The number of aliphatic hydroxyl groups is 2. The fourth-order valence-electron chi connectivity index (χ4n) is 3.38. The van der Waals surface area contributed by atoms with E-state index in [-0.39, 0.29) is 11.3 Å². The van der Waals surface area contributed by atoms with Gasteiger partial charge in [-0.15, -0.1) is 11.3 Å². The Kier molecular flexibility index (Phi) is 6.24. The highest BCUT2D eigenvalue weighted by Gasteiger charge is 2.34. The number of nitrogens with zero attached hydrogens (tertiary/aromatic N) is 3. The second kappa shape index (κ2) is 8.89. The number of nitrogens with one attached hydrogen (secondary N) is 1. The Morgan fingerprint density at radius 1 is 1.37 bits per heavy atom. The lowest BCUT2D eigenvalue weighted by molar-refractivity contribution is 0.0529. The summed E-state index contributed by atoms with van der Waals surface area (Å²) in [6.07, 6.45) is 3.66. The smallest absolute Gasteiger partial charge is 0.226 e. The number of carbonyl (C=O) groups excluding carboxylic acids is 1. The number of halogens is 1. The molecule has 2 heterocycles. The van der Waals surface area contributed by atoms with Crippen LogP contribution in [0.4, 0.5) is 5.82 Å². The van der Waals surface area contributed by atoms with E-state index in [2.05, 4.69) is 36.2 Å². The third kappa shape index (κ3) is 4.44. The molecule has 3 aromatic rings. The molecule has 0 amide bonds. The average Bonchev–Trinajstić information content (AvgIpc) is 3.25. The van der Waals surface area contributed by atoms with Crippen molar-refractivity contribution in [2.24, 2.45) is 0 Å². The van der Waals surface area contributed by atoms with Crippen molar-refractivity contribution in [3.05, 3.63) is 74.4 Å². The van der Waals surface area contributed by atoms with Gasteiger partial charge in [0.25, 0.3) is 0 Å². The highest BCUT2D eigenvalue weighted by Crippen LogP contribution is 2.27. The maximum Gasteiger partial charge on any atom is 0.226 e. The number of ketones is 1. The summed E-state index contributed by atoms with van der Waals surface area (Å²) in [7, 11) is 0. The number of aliphatic hydroxyl groups excluding tert-OH is 2. The number of benzene rings is 1. The maximum atomic E-state index is 13.2. The molecule has 0 unspecified atom stereocenters. The molecule has 1 saturated carbocycles. The number of thiazole rings is 1. The van der Waals surface area contributed by atoms with Crippen LogP contribution in [0.5, 0.6) is 0 Å². The van der Waals surface area contributed by atoms with Crippen LogP contribution in [-0.2, 0) is 6.42 Å². The van der Waals surface area contributed by atoms with E-state index in [1.807, 2.05) is 31.2 Å². The molecule has 0 saturated heterocycles. The second-order valence-electron chi connectivity index (χ2n) is 7.15. The number of hydrogen-bond acceptors (Lipinski definition) is 8. The van der Waals surface area contributed by atoms with Crippen LogP contribution < -0.4 is 5.32 Å². The van der Waals surface area contributed by atoms with Gasteiger partial charge in [0.1, 0.15) is 18.2 Å². The van der Waals surface area contributed by atoms with E-state index in [9.17, 15) is 15.0 Å². The van der Waals surface area contributed by atoms with Gasteiger partial charge in [-0.3, -0.25) is 4.79 Å². The van der Waals surface area contributed by atoms with Gasteiger partial charge in [0.15, 0.2) is 5.01 Å². The summed E-state index contributed by atoms with van der Waals surface area (Å²) >= 11 is 4.82. The zero-order chi connectivity index (χ0) is 21.3. The minimum Gasteiger partial charge on any atom is -0.390 e. The molecule has 9 heteroatoms. The van der Waals surface area contributed by atoms with Gasteiger partial charge < -0.3 is 15.5 Å². The fourth-order valence-corrected chi connectivity index (χ4v) is 4.71. The average molecular weight is 488 g/mol. The molecular formula is C21H20BrN4O3S. The Morgan fingerprint density at radius 3 is 2.93 bits per heavy atom. The van der Waals surface area contributed by atoms with E-state index in [0.29, 0.717) is 23.7 Å². The zero-order valence-corrected chi connectivity index (χ0v) is 18.5. The van der Waals surface area contributed by atoms with Crippen LogP contribution in [0.3, 0.4) is 0 Å². The number of aromatic nitrogens is 3. The lowest BCUT2D eigenvalue weighted by Crippen LogP contribution is -2.35. The first-order chi connectivity index (χ1) is 14.4. The van der Waals surface area contributed by atoms with Crippen molar-refractivity contribution in [3.8, 4) is 0 Å². The van der Waals surface area contributed by atoms with Crippen LogP contribution in [0.1, 0.15) is 37.9 Å². The fraction of sp³-hybridized carbons (Fsp3) is 0.286. The van der Waals surface area contributed by atoms with Crippen molar-refractivity contribution in [1.82, 2.24) is 15.0 Å². The van der Waals surface area contributed by atoms with Gasteiger partial charge in [0.05, 0.1) is 23.4 Å². The Hall–Kier alpha value is -2.20. The minimum absolute atomic E-state index is 0.274. The predicted octanol–water partition coefficient (Wildman–Crippen LogP) is 2.94. The molecule has 1 aliphatic carbocycles. The van der Waals surface area contributed by atoms with Crippen molar-refractivity contribution < 1.29 is 15.0 Å². The largest absolute Gasteiger partial charge is 0.390 e. The maximum absolute atomic E-state index is 13.2. The molecule has 0 bridgehead atoms. The van der Waals surface area contributed by atoms with Gasteiger partial charge in [0.2, 0.25) is 5.78 Å². The molecule has 0 spiro atoms. The molecule has 1 fully saturated rings. The molecular weight excluding hydrogens is 468 g/mol. The van der Waals surface area contributed by atoms with Gasteiger partial charge in [-0.25, -0.2) is 15.0 Å². The molecule has 1 aromatic carbocycles. The van der Waals surface area contributed by atoms with Crippen LogP contribution in [0.15, 0.2) is 41.3 Å². The minimum atomic E-state index is -0.957. The molecule has 3 N–H and O–H groups in total. The molecule has 155 valence electrons. The van der Waals surface area contributed by atoms with Crippen LogP contribution >= 0.6 is 27.3 Å². The second-order valence-corrected chi connectivity index (χ2v) is 9.27. The van der Waals surface area contributed by atoms with Gasteiger partial charge in [0, 0.05) is 22.0 Å². The number of rotatable bonds is 6. The normalized spacial score (nSPS) is 21.0. The van der Waals surface area contributed by atoms with Crippen molar-refractivity contribution in [2.45, 2.75) is 38.0 Å². The third-order valence-electron chi connectivity index (χ3n) is 5.02. The Morgan fingerprint density at radius 2 is 2.20 bits per heavy atom. The van der Waals surface area contributed by atoms with Gasteiger partial charge in [-0.2, -0.15) is 0 Å². The lowest BCUT2D eigenvalue weighted by atomic mass is 10.1. The molecule has 3 atom stereocenters. The number of hydrogen-bond donors (Lipinski definition) is 3. The summed E-state index contributed by atoms with van der Waals surface area (Å²) in [4.78, 5) is 26.9. The number of anilines is 1. The van der Waals surface area contributed by atoms with Crippen LogP contribution in [0, 0.1) is 13.3 Å². The van der Waals surface area contributed by atoms with Crippen LogP contribution in [-0.4, -0.2) is 49.2 Å². The number of carbonyl (C=O) groups is 1. The molecule has 0 aliphatic heterocycles. The van der Waals surface area contributed by atoms with Crippen molar-refractivity contribution in [2.75, 3.05) is 5.32 Å². The first kappa shape index (κ1) is 21.0.